The Morgan fingerprint density at radius 3 is 2.69 bits per heavy atom. The molecule has 4 aliphatic rings. The van der Waals surface area contributed by atoms with E-state index < -0.39 is 6.04 Å². The minimum Gasteiger partial charge on any atom is -0.322 e. The van der Waals surface area contributed by atoms with Crippen LogP contribution in [0.5, 0.6) is 0 Å². The fraction of sp³-hybridized carbons (Fsp3) is 0.526. The molecule has 5 rings (SSSR count). The topological polar surface area (TPSA) is 81.8 Å². The summed E-state index contributed by atoms with van der Waals surface area (Å²) in [4.78, 5) is 40.2. The monoisotopic (exact) mass is 354 g/mol. The van der Waals surface area contributed by atoms with Gasteiger partial charge < -0.3 is 10.2 Å². The highest BCUT2D eigenvalue weighted by Crippen LogP contribution is 2.32. The Bertz CT molecular complexity index is 809. The Labute approximate surface area is 151 Å². The van der Waals surface area contributed by atoms with Crippen LogP contribution < -0.4 is 10.6 Å². The first kappa shape index (κ1) is 16.0. The summed E-state index contributed by atoms with van der Waals surface area (Å²) in [6.07, 6.45) is 1.95. The van der Waals surface area contributed by atoms with Crippen LogP contribution in [0.1, 0.15) is 40.7 Å². The van der Waals surface area contributed by atoms with Crippen LogP contribution in [0.3, 0.4) is 0 Å². The van der Waals surface area contributed by atoms with Crippen LogP contribution in [0.2, 0.25) is 0 Å². The Morgan fingerprint density at radius 1 is 1.19 bits per heavy atom. The number of benzene rings is 1. The van der Waals surface area contributed by atoms with Crippen LogP contribution in [-0.4, -0.2) is 58.7 Å². The van der Waals surface area contributed by atoms with E-state index in [-0.39, 0.29) is 24.1 Å². The summed E-state index contributed by atoms with van der Waals surface area (Å²) in [5.74, 6) is -0.727. The van der Waals surface area contributed by atoms with Crippen molar-refractivity contribution < 1.29 is 14.4 Å². The number of piperidine rings is 1. The lowest BCUT2D eigenvalue weighted by Gasteiger charge is -2.56. The Balaban J connectivity index is 1.28. The average Bonchev–Trinajstić information content (AvgIpc) is 2.85. The molecule has 0 aliphatic carbocycles. The number of carbonyl (C=O) groups excluding carboxylic acids is 3. The zero-order valence-electron chi connectivity index (χ0n) is 14.6. The zero-order chi connectivity index (χ0) is 17.9. The maximum absolute atomic E-state index is 12.7. The molecule has 0 radical (unpaired) electrons. The van der Waals surface area contributed by atoms with Crippen LogP contribution >= 0.6 is 0 Å². The summed E-state index contributed by atoms with van der Waals surface area (Å²) in [6.45, 7) is 4.64. The number of carbonyl (C=O) groups is 3. The van der Waals surface area contributed by atoms with Gasteiger partial charge in [0, 0.05) is 43.7 Å². The number of nitrogens with one attached hydrogen (secondary N) is 2. The molecule has 1 unspecified atom stereocenters. The van der Waals surface area contributed by atoms with Crippen molar-refractivity contribution >= 4 is 17.7 Å². The second-order valence-electron chi connectivity index (χ2n) is 7.99. The van der Waals surface area contributed by atoms with Crippen molar-refractivity contribution in [3.05, 3.63) is 34.9 Å². The first-order chi connectivity index (χ1) is 12.5. The molecule has 1 atom stereocenters. The summed E-state index contributed by atoms with van der Waals surface area (Å²) in [7, 11) is 0. The second-order valence-corrected chi connectivity index (χ2v) is 7.99. The van der Waals surface area contributed by atoms with Gasteiger partial charge in [0.15, 0.2) is 0 Å². The first-order valence-electron chi connectivity index (χ1n) is 9.27. The molecular weight excluding hydrogens is 332 g/mol. The van der Waals surface area contributed by atoms with Gasteiger partial charge in [0.2, 0.25) is 11.8 Å². The van der Waals surface area contributed by atoms with Gasteiger partial charge in [-0.15, -0.1) is 0 Å². The van der Waals surface area contributed by atoms with E-state index in [0.29, 0.717) is 24.1 Å². The molecule has 1 aromatic carbocycles. The van der Waals surface area contributed by atoms with E-state index in [1.54, 1.807) is 4.90 Å². The highest BCUT2D eigenvalue weighted by atomic mass is 16.2. The molecule has 0 bridgehead atoms. The molecule has 3 fully saturated rings. The Kier molecular flexibility index (Phi) is 3.45. The number of likely N-dealkylation sites (tertiary alicyclic amines) is 1. The van der Waals surface area contributed by atoms with Crippen LogP contribution in [-0.2, 0) is 22.7 Å². The molecule has 26 heavy (non-hydrogen) atoms. The number of nitrogens with zero attached hydrogens (tertiary/aromatic N) is 2. The van der Waals surface area contributed by atoms with Crippen LogP contribution in [0.15, 0.2) is 18.2 Å². The third kappa shape index (κ3) is 2.46. The number of hydrogen-bond donors (Lipinski definition) is 2. The molecule has 0 aromatic heterocycles. The summed E-state index contributed by atoms with van der Waals surface area (Å²) in [5, 5.41) is 5.86. The molecule has 1 spiro atoms. The molecule has 136 valence electrons. The molecule has 0 saturated carbocycles. The maximum Gasteiger partial charge on any atom is 0.255 e. The van der Waals surface area contributed by atoms with Gasteiger partial charge in [-0.3, -0.25) is 24.6 Å². The van der Waals surface area contributed by atoms with E-state index in [0.717, 1.165) is 31.7 Å². The third-order valence-corrected chi connectivity index (χ3v) is 6.15. The maximum atomic E-state index is 12.7. The highest BCUT2D eigenvalue weighted by molar-refractivity contribution is 6.05. The van der Waals surface area contributed by atoms with Crippen molar-refractivity contribution in [2.75, 3.05) is 19.6 Å². The fourth-order valence-electron chi connectivity index (χ4n) is 4.65. The summed E-state index contributed by atoms with van der Waals surface area (Å²) in [5.41, 5.74) is 3.24. The highest BCUT2D eigenvalue weighted by Gasteiger charge is 2.47. The summed E-state index contributed by atoms with van der Waals surface area (Å²) in [6, 6.07) is 5.45. The lowest BCUT2D eigenvalue weighted by molar-refractivity contribution is -0.136. The third-order valence-electron chi connectivity index (χ3n) is 6.15. The number of amides is 3. The number of fused-ring (bicyclic) bond motifs is 1. The van der Waals surface area contributed by atoms with Crippen molar-refractivity contribution in [1.29, 1.82) is 0 Å². The molecule has 3 amide bonds. The number of imide groups is 1. The first-order valence-corrected chi connectivity index (χ1v) is 9.27. The van der Waals surface area contributed by atoms with Crippen molar-refractivity contribution in [3.63, 3.8) is 0 Å². The number of hydrogen-bond acceptors (Lipinski definition) is 5. The summed E-state index contributed by atoms with van der Waals surface area (Å²) < 4.78 is 0. The van der Waals surface area contributed by atoms with E-state index in [9.17, 15) is 14.4 Å². The Morgan fingerprint density at radius 2 is 2.00 bits per heavy atom. The minimum absolute atomic E-state index is 0.109. The Hall–Kier alpha value is -2.25. The minimum atomic E-state index is -0.545. The van der Waals surface area contributed by atoms with Gasteiger partial charge in [0.05, 0.1) is 0 Å². The second kappa shape index (κ2) is 5.62. The van der Waals surface area contributed by atoms with Gasteiger partial charge in [-0.2, -0.15) is 0 Å². The van der Waals surface area contributed by atoms with Crippen LogP contribution in [0.4, 0.5) is 0 Å². The van der Waals surface area contributed by atoms with Gasteiger partial charge >= 0.3 is 0 Å². The lowest BCUT2D eigenvalue weighted by atomic mass is 9.80. The van der Waals surface area contributed by atoms with Crippen molar-refractivity contribution in [2.24, 2.45) is 0 Å². The van der Waals surface area contributed by atoms with Gasteiger partial charge in [0.25, 0.3) is 5.91 Å². The molecule has 1 aromatic rings. The van der Waals surface area contributed by atoms with E-state index in [4.69, 9.17) is 0 Å². The molecule has 2 N–H and O–H groups in total. The molecule has 7 heteroatoms. The van der Waals surface area contributed by atoms with E-state index in [1.807, 2.05) is 12.1 Å². The molecule has 3 saturated heterocycles. The summed E-state index contributed by atoms with van der Waals surface area (Å²) >= 11 is 0. The van der Waals surface area contributed by atoms with Gasteiger partial charge in [-0.25, -0.2) is 0 Å². The van der Waals surface area contributed by atoms with Crippen molar-refractivity contribution in [2.45, 2.75) is 43.9 Å². The van der Waals surface area contributed by atoms with Gasteiger partial charge in [-0.05, 0) is 36.6 Å². The molecule has 4 heterocycles. The van der Waals surface area contributed by atoms with Crippen molar-refractivity contribution in [1.82, 2.24) is 20.4 Å². The average molecular weight is 354 g/mol. The van der Waals surface area contributed by atoms with E-state index in [1.165, 1.54) is 12.0 Å². The van der Waals surface area contributed by atoms with Crippen LogP contribution in [0, 0.1) is 0 Å². The smallest absolute Gasteiger partial charge is 0.255 e. The normalized spacial score (nSPS) is 27.2. The zero-order valence-corrected chi connectivity index (χ0v) is 14.6. The van der Waals surface area contributed by atoms with E-state index >= 15 is 0 Å². The predicted octanol–water partition coefficient (Wildman–Crippen LogP) is -0.00470. The predicted molar refractivity (Wildman–Crippen MR) is 93.1 cm³/mol. The fourth-order valence-corrected chi connectivity index (χ4v) is 4.65. The molecule has 4 aliphatic heterocycles. The van der Waals surface area contributed by atoms with Crippen LogP contribution in [0.25, 0.3) is 0 Å². The SMILES string of the molecule is O=C1CCC(N2Cc3cc(CN4CC5(CCN5)C4)ccc3C2=O)C(=O)N1. The van der Waals surface area contributed by atoms with E-state index in [2.05, 4.69) is 21.6 Å². The largest absolute Gasteiger partial charge is 0.322 e. The lowest BCUT2D eigenvalue weighted by Crippen LogP contribution is -2.75. The molecular formula is C19H22N4O3. The quantitative estimate of drug-likeness (QED) is 0.747. The molecule has 7 nitrogen and oxygen atoms in total. The van der Waals surface area contributed by atoms with Gasteiger partial charge in [-0.1, -0.05) is 12.1 Å². The van der Waals surface area contributed by atoms with Gasteiger partial charge in [0.1, 0.15) is 6.04 Å². The standard InChI is InChI=1S/C19H22N4O3/c24-16-4-3-15(17(25)21-16)23-9-13-7-12(1-2-14(13)18(23)26)8-22-10-19(11-22)5-6-20-19/h1-2,7,15,20H,3-6,8-11H2,(H,21,24,25). The van der Waals surface area contributed by atoms with Crippen molar-refractivity contribution in [3.8, 4) is 0 Å². The number of rotatable bonds is 3.